The van der Waals surface area contributed by atoms with Crippen LogP contribution in [0.1, 0.15) is 33.6 Å². The van der Waals surface area contributed by atoms with Gasteiger partial charge < -0.3 is 10.4 Å². The summed E-state index contributed by atoms with van der Waals surface area (Å²) < 4.78 is 0. The molecule has 0 heterocycles. The van der Waals surface area contributed by atoms with E-state index in [2.05, 4.69) is 10.2 Å². The SMILES string of the molecule is CCN(CCCCO)CC(=O)NC(C)C. The zero-order valence-electron chi connectivity index (χ0n) is 10.1. The molecule has 0 fully saturated rings. The van der Waals surface area contributed by atoms with Gasteiger partial charge in [-0.25, -0.2) is 0 Å². The predicted octanol–water partition coefficient (Wildman–Crippen LogP) is 0.605. The van der Waals surface area contributed by atoms with Gasteiger partial charge >= 0.3 is 0 Å². The first-order valence-corrected chi connectivity index (χ1v) is 5.72. The number of carbonyl (C=O) groups is 1. The smallest absolute Gasteiger partial charge is 0.234 e. The third-order valence-electron chi connectivity index (χ3n) is 2.15. The van der Waals surface area contributed by atoms with Gasteiger partial charge in [0.25, 0.3) is 0 Å². The number of aliphatic hydroxyl groups excluding tert-OH is 1. The minimum absolute atomic E-state index is 0.0795. The largest absolute Gasteiger partial charge is 0.396 e. The number of nitrogens with one attached hydrogen (secondary N) is 1. The number of hydrogen-bond acceptors (Lipinski definition) is 3. The van der Waals surface area contributed by atoms with Crippen LogP contribution in [0.3, 0.4) is 0 Å². The fourth-order valence-corrected chi connectivity index (χ4v) is 1.37. The van der Waals surface area contributed by atoms with E-state index < -0.39 is 0 Å². The molecule has 0 aromatic heterocycles. The molecule has 0 aliphatic heterocycles. The average molecular weight is 216 g/mol. The lowest BCUT2D eigenvalue weighted by molar-refractivity contribution is -0.122. The molecule has 0 saturated heterocycles. The lowest BCUT2D eigenvalue weighted by atomic mass is 10.3. The Bertz CT molecular complexity index is 172. The molecule has 1 amide bonds. The fraction of sp³-hybridized carbons (Fsp3) is 0.909. The zero-order chi connectivity index (χ0) is 11.7. The van der Waals surface area contributed by atoms with E-state index in [0.717, 1.165) is 25.9 Å². The lowest BCUT2D eigenvalue weighted by Gasteiger charge is -2.20. The molecule has 0 radical (unpaired) electrons. The molecular weight excluding hydrogens is 192 g/mol. The van der Waals surface area contributed by atoms with Gasteiger partial charge in [0.05, 0.1) is 6.54 Å². The summed E-state index contributed by atoms with van der Waals surface area (Å²) in [5.74, 6) is 0.0795. The van der Waals surface area contributed by atoms with Gasteiger partial charge in [0.2, 0.25) is 5.91 Å². The second-order valence-corrected chi connectivity index (χ2v) is 4.02. The van der Waals surface area contributed by atoms with Gasteiger partial charge in [-0.2, -0.15) is 0 Å². The molecule has 0 atom stereocenters. The van der Waals surface area contributed by atoms with Crippen LogP contribution in [0.15, 0.2) is 0 Å². The summed E-state index contributed by atoms with van der Waals surface area (Å²) in [6.45, 7) is 8.40. The van der Waals surface area contributed by atoms with Crippen LogP contribution in [-0.4, -0.2) is 48.2 Å². The van der Waals surface area contributed by atoms with E-state index in [1.165, 1.54) is 0 Å². The summed E-state index contributed by atoms with van der Waals surface area (Å²) in [7, 11) is 0. The van der Waals surface area contributed by atoms with Gasteiger partial charge in [0.1, 0.15) is 0 Å². The number of amides is 1. The van der Waals surface area contributed by atoms with Crippen LogP contribution in [0.5, 0.6) is 0 Å². The number of aliphatic hydroxyl groups is 1. The summed E-state index contributed by atoms with van der Waals surface area (Å²) in [6.07, 6.45) is 1.75. The van der Waals surface area contributed by atoms with Crippen LogP contribution in [0.25, 0.3) is 0 Å². The normalized spacial score (nSPS) is 11.1. The first-order chi connectivity index (χ1) is 7.10. The molecule has 2 N–H and O–H groups in total. The van der Waals surface area contributed by atoms with Gasteiger partial charge in [-0.05, 0) is 39.8 Å². The van der Waals surface area contributed by atoms with E-state index >= 15 is 0 Å². The molecule has 0 unspecified atom stereocenters. The number of likely N-dealkylation sites (N-methyl/N-ethyl adjacent to an activating group) is 1. The fourth-order valence-electron chi connectivity index (χ4n) is 1.37. The molecule has 0 saturated carbocycles. The molecule has 0 aromatic carbocycles. The van der Waals surface area contributed by atoms with Crippen molar-refractivity contribution in [2.75, 3.05) is 26.2 Å². The molecule has 90 valence electrons. The van der Waals surface area contributed by atoms with Crippen LogP contribution in [0.4, 0.5) is 0 Å². The Hall–Kier alpha value is -0.610. The summed E-state index contributed by atoms with van der Waals surface area (Å²) >= 11 is 0. The van der Waals surface area contributed by atoms with Gasteiger partial charge in [-0.1, -0.05) is 6.92 Å². The van der Waals surface area contributed by atoms with Crippen LogP contribution >= 0.6 is 0 Å². The lowest BCUT2D eigenvalue weighted by Crippen LogP contribution is -2.40. The molecule has 0 aromatic rings. The second kappa shape index (κ2) is 8.68. The maximum Gasteiger partial charge on any atom is 0.234 e. The van der Waals surface area contributed by atoms with Crippen molar-refractivity contribution in [1.82, 2.24) is 10.2 Å². The van der Waals surface area contributed by atoms with Crippen LogP contribution < -0.4 is 5.32 Å². The molecule has 15 heavy (non-hydrogen) atoms. The minimum Gasteiger partial charge on any atom is -0.396 e. The molecule has 0 spiro atoms. The highest BCUT2D eigenvalue weighted by Crippen LogP contribution is 1.94. The number of rotatable bonds is 8. The van der Waals surface area contributed by atoms with Crippen molar-refractivity contribution in [1.29, 1.82) is 0 Å². The van der Waals surface area contributed by atoms with Crippen molar-refractivity contribution < 1.29 is 9.90 Å². The Morgan fingerprint density at radius 3 is 2.53 bits per heavy atom. The molecule has 0 aliphatic rings. The van der Waals surface area contributed by atoms with E-state index in [9.17, 15) is 4.79 Å². The third kappa shape index (κ3) is 8.39. The Balaban J connectivity index is 3.72. The highest BCUT2D eigenvalue weighted by molar-refractivity contribution is 5.78. The predicted molar refractivity (Wildman–Crippen MR) is 61.7 cm³/mol. The minimum atomic E-state index is 0.0795. The Morgan fingerprint density at radius 2 is 2.07 bits per heavy atom. The summed E-state index contributed by atoms with van der Waals surface area (Å²) in [5, 5.41) is 11.5. The van der Waals surface area contributed by atoms with Crippen molar-refractivity contribution in [2.24, 2.45) is 0 Å². The molecular formula is C11H24N2O2. The number of hydrogen-bond donors (Lipinski definition) is 2. The van der Waals surface area contributed by atoms with E-state index in [4.69, 9.17) is 5.11 Å². The maximum absolute atomic E-state index is 11.5. The topological polar surface area (TPSA) is 52.6 Å². The first-order valence-electron chi connectivity index (χ1n) is 5.72. The summed E-state index contributed by atoms with van der Waals surface area (Å²) in [4.78, 5) is 13.5. The quantitative estimate of drug-likeness (QED) is 0.584. The van der Waals surface area contributed by atoms with Crippen molar-refractivity contribution >= 4 is 5.91 Å². The molecule has 0 aliphatic carbocycles. The Kier molecular flexibility index (Phi) is 8.33. The number of nitrogens with zero attached hydrogens (tertiary/aromatic N) is 1. The highest BCUT2D eigenvalue weighted by atomic mass is 16.2. The van der Waals surface area contributed by atoms with E-state index in [1.54, 1.807) is 0 Å². The molecule has 0 bridgehead atoms. The van der Waals surface area contributed by atoms with E-state index in [1.807, 2.05) is 20.8 Å². The number of unbranched alkanes of at least 4 members (excludes halogenated alkanes) is 1. The van der Waals surface area contributed by atoms with Crippen molar-refractivity contribution in [3.63, 3.8) is 0 Å². The van der Waals surface area contributed by atoms with Crippen LogP contribution in [-0.2, 0) is 4.79 Å². The third-order valence-corrected chi connectivity index (χ3v) is 2.15. The van der Waals surface area contributed by atoms with Crippen molar-refractivity contribution in [3.05, 3.63) is 0 Å². The molecule has 0 rings (SSSR count). The molecule has 4 nitrogen and oxygen atoms in total. The van der Waals surface area contributed by atoms with Gasteiger partial charge in [0, 0.05) is 12.6 Å². The maximum atomic E-state index is 11.5. The second-order valence-electron chi connectivity index (χ2n) is 4.02. The van der Waals surface area contributed by atoms with Crippen molar-refractivity contribution in [3.8, 4) is 0 Å². The van der Waals surface area contributed by atoms with Crippen LogP contribution in [0, 0.1) is 0 Å². The van der Waals surface area contributed by atoms with Crippen LogP contribution in [0.2, 0.25) is 0 Å². The first kappa shape index (κ1) is 14.4. The summed E-state index contributed by atoms with van der Waals surface area (Å²) in [6, 6.07) is 0.202. The highest BCUT2D eigenvalue weighted by Gasteiger charge is 2.08. The van der Waals surface area contributed by atoms with E-state index in [-0.39, 0.29) is 18.6 Å². The monoisotopic (exact) mass is 216 g/mol. The molecule has 4 heteroatoms. The van der Waals surface area contributed by atoms with E-state index in [0.29, 0.717) is 6.54 Å². The van der Waals surface area contributed by atoms with Gasteiger partial charge in [-0.3, -0.25) is 9.69 Å². The zero-order valence-corrected chi connectivity index (χ0v) is 10.1. The van der Waals surface area contributed by atoms with Crippen molar-refractivity contribution in [2.45, 2.75) is 39.7 Å². The standard InChI is InChI=1S/C11H24N2O2/c1-4-13(7-5-6-8-14)9-11(15)12-10(2)3/h10,14H,4-9H2,1-3H3,(H,12,15). The average Bonchev–Trinajstić information content (AvgIpc) is 2.15. The Labute approximate surface area is 92.7 Å². The Morgan fingerprint density at radius 1 is 1.40 bits per heavy atom. The number of carbonyl (C=O) groups excluding carboxylic acids is 1. The van der Waals surface area contributed by atoms with Gasteiger partial charge in [0.15, 0.2) is 0 Å². The summed E-state index contributed by atoms with van der Waals surface area (Å²) in [5.41, 5.74) is 0. The van der Waals surface area contributed by atoms with Gasteiger partial charge in [-0.15, -0.1) is 0 Å².